The Balaban J connectivity index is 1.88. The number of fused-ring (bicyclic) bond motifs is 1. The molecule has 0 atom stereocenters. The van der Waals surface area contributed by atoms with E-state index in [4.69, 9.17) is 0 Å². The fraction of sp³-hybridized carbons (Fsp3) is 0.333. The van der Waals surface area contributed by atoms with Gasteiger partial charge in [0, 0.05) is 10.6 Å². The Morgan fingerprint density at radius 1 is 1.24 bits per heavy atom. The standard InChI is InChI=1S/C15H17NO3S2/c1-10-7-15(20-14(10)9-17)21(18,19)16-13-6-5-11-3-2-4-12(11)8-13/h5-8,16-17H,2-4,9H2,1H3. The summed E-state index contributed by atoms with van der Waals surface area (Å²) in [6, 6.07) is 7.34. The Morgan fingerprint density at radius 3 is 2.71 bits per heavy atom. The highest BCUT2D eigenvalue weighted by Crippen LogP contribution is 2.29. The van der Waals surface area contributed by atoms with Gasteiger partial charge in [-0.2, -0.15) is 0 Å². The Labute approximate surface area is 128 Å². The predicted molar refractivity (Wildman–Crippen MR) is 84.3 cm³/mol. The first-order valence-corrected chi connectivity index (χ1v) is 9.14. The summed E-state index contributed by atoms with van der Waals surface area (Å²) in [5.41, 5.74) is 3.95. The number of aryl methyl sites for hydroxylation is 3. The number of hydrogen-bond donors (Lipinski definition) is 2. The molecular weight excluding hydrogens is 306 g/mol. The van der Waals surface area contributed by atoms with E-state index in [1.807, 2.05) is 18.2 Å². The first-order valence-electron chi connectivity index (χ1n) is 6.84. The molecule has 0 saturated heterocycles. The topological polar surface area (TPSA) is 66.4 Å². The number of hydrogen-bond acceptors (Lipinski definition) is 4. The molecule has 0 bridgehead atoms. The van der Waals surface area contributed by atoms with Gasteiger partial charge in [0.25, 0.3) is 10.0 Å². The second-order valence-corrected chi connectivity index (χ2v) is 8.32. The van der Waals surface area contributed by atoms with Crippen LogP contribution in [-0.4, -0.2) is 13.5 Å². The zero-order valence-corrected chi connectivity index (χ0v) is 13.4. The SMILES string of the molecule is Cc1cc(S(=O)(=O)Nc2ccc3c(c2)CCC3)sc1CO. The zero-order chi connectivity index (χ0) is 15.0. The third-order valence-electron chi connectivity index (χ3n) is 3.76. The zero-order valence-electron chi connectivity index (χ0n) is 11.7. The Hall–Kier alpha value is -1.37. The highest BCUT2D eigenvalue weighted by atomic mass is 32.2. The molecule has 0 radical (unpaired) electrons. The summed E-state index contributed by atoms with van der Waals surface area (Å²) < 4.78 is 27.7. The lowest BCUT2D eigenvalue weighted by Crippen LogP contribution is -2.11. The molecule has 1 aromatic carbocycles. The molecule has 2 N–H and O–H groups in total. The summed E-state index contributed by atoms with van der Waals surface area (Å²) in [5.74, 6) is 0. The predicted octanol–water partition coefficient (Wildman–Crippen LogP) is 2.84. The van der Waals surface area contributed by atoms with E-state index in [0.29, 0.717) is 10.6 Å². The van der Waals surface area contributed by atoms with E-state index in [9.17, 15) is 13.5 Å². The second-order valence-electron chi connectivity index (χ2n) is 5.27. The summed E-state index contributed by atoms with van der Waals surface area (Å²) >= 11 is 1.11. The van der Waals surface area contributed by atoms with Crippen LogP contribution in [0.15, 0.2) is 28.5 Å². The minimum absolute atomic E-state index is 0.134. The van der Waals surface area contributed by atoms with Crippen molar-refractivity contribution in [3.8, 4) is 0 Å². The van der Waals surface area contributed by atoms with Crippen molar-refractivity contribution in [3.05, 3.63) is 45.8 Å². The van der Waals surface area contributed by atoms with Gasteiger partial charge in [-0.25, -0.2) is 8.42 Å². The van der Waals surface area contributed by atoms with Gasteiger partial charge in [0.05, 0.1) is 6.61 Å². The summed E-state index contributed by atoms with van der Waals surface area (Å²) in [4.78, 5) is 0.685. The van der Waals surface area contributed by atoms with Crippen LogP contribution in [0.2, 0.25) is 0 Å². The monoisotopic (exact) mass is 323 g/mol. The number of aliphatic hydroxyl groups excluding tert-OH is 1. The van der Waals surface area contributed by atoms with E-state index in [0.717, 1.165) is 36.2 Å². The molecule has 1 aromatic heterocycles. The number of anilines is 1. The number of aliphatic hydroxyl groups is 1. The fourth-order valence-corrected chi connectivity index (χ4v) is 5.12. The van der Waals surface area contributed by atoms with E-state index in [1.54, 1.807) is 13.0 Å². The summed E-state index contributed by atoms with van der Waals surface area (Å²) in [6.07, 6.45) is 3.22. The maximum atomic E-state index is 12.4. The van der Waals surface area contributed by atoms with Crippen molar-refractivity contribution >= 4 is 27.0 Å². The van der Waals surface area contributed by atoms with Crippen LogP contribution in [0.3, 0.4) is 0 Å². The fourth-order valence-electron chi connectivity index (χ4n) is 2.62. The molecule has 1 aliphatic rings. The van der Waals surface area contributed by atoms with Crippen LogP contribution in [0.5, 0.6) is 0 Å². The lowest BCUT2D eigenvalue weighted by molar-refractivity contribution is 0.285. The summed E-state index contributed by atoms with van der Waals surface area (Å²) in [7, 11) is -3.59. The van der Waals surface area contributed by atoms with Crippen LogP contribution >= 0.6 is 11.3 Å². The molecule has 0 amide bonds. The van der Waals surface area contributed by atoms with Crippen molar-refractivity contribution in [1.82, 2.24) is 0 Å². The molecule has 3 rings (SSSR count). The first kappa shape index (κ1) is 14.6. The average Bonchev–Trinajstić information content (AvgIpc) is 3.04. The maximum absolute atomic E-state index is 12.4. The molecule has 4 nitrogen and oxygen atoms in total. The van der Waals surface area contributed by atoms with Crippen LogP contribution in [0.25, 0.3) is 0 Å². The molecule has 0 saturated carbocycles. The summed E-state index contributed by atoms with van der Waals surface area (Å²) in [6.45, 7) is 1.67. The highest BCUT2D eigenvalue weighted by molar-refractivity contribution is 7.94. The van der Waals surface area contributed by atoms with E-state index in [1.165, 1.54) is 11.1 Å². The van der Waals surface area contributed by atoms with Gasteiger partial charge in [-0.1, -0.05) is 6.07 Å². The molecule has 6 heteroatoms. The quantitative estimate of drug-likeness (QED) is 0.909. The van der Waals surface area contributed by atoms with Crippen molar-refractivity contribution < 1.29 is 13.5 Å². The van der Waals surface area contributed by atoms with Crippen molar-refractivity contribution in [2.45, 2.75) is 37.0 Å². The largest absolute Gasteiger partial charge is 0.391 e. The van der Waals surface area contributed by atoms with Crippen LogP contribution in [-0.2, 0) is 29.5 Å². The van der Waals surface area contributed by atoms with Crippen LogP contribution in [0, 0.1) is 6.92 Å². The smallest absolute Gasteiger partial charge is 0.271 e. The lowest BCUT2D eigenvalue weighted by Gasteiger charge is -2.08. The second kappa shape index (κ2) is 5.44. The van der Waals surface area contributed by atoms with Crippen LogP contribution in [0.1, 0.15) is 28.0 Å². The Morgan fingerprint density at radius 2 is 2.00 bits per heavy atom. The Kier molecular flexibility index (Phi) is 3.77. The molecule has 1 heterocycles. The van der Waals surface area contributed by atoms with Crippen molar-refractivity contribution in [2.75, 3.05) is 4.72 Å². The van der Waals surface area contributed by atoms with E-state index >= 15 is 0 Å². The molecule has 112 valence electrons. The van der Waals surface area contributed by atoms with Gasteiger partial charge < -0.3 is 5.11 Å². The number of rotatable bonds is 4. The number of nitrogens with one attached hydrogen (secondary N) is 1. The van der Waals surface area contributed by atoms with Gasteiger partial charge in [0.1, 0.15) is 4.21 Å². The van der Waals surface area contributed by atoms with Gasteiger partial charge in [-0.05, 0) is 61.1 Å². The average molecular weight is 323 g/mol. The molecule has 0 unspecified atom stereocenters. The molecule has 0 aliphatic heterocycles. The van der Waals surface area contributed by atoms with Gasteiger partial charge in [-0.3, -0.25) is 4.72 Å². The molecular formula is C15H17NO3S2. The highest BCUT2D eigenvalue weighted by Gasteiger charge is 2.20. The third-order valence-corrected chi connectivity index (χ3v) is 6.83. The van der Waals surface area contributed by atoms with E-state index in [-0.39, 0.29) is 10.8 Å². The molecule has 0 fully saturated rings. The van der Waals surface area contributed by atoms with Gasteiger partial charge >= 0.3 is 0 Å². The minimum atomic E-state index is -3.59. The molecule has 0 spiro atoms. The lowest BCUT2D eigenvalue weighted by atomic mass is 10.1. The third kappa shape index (κ3) is 2.84. The Bertz CT molecular complexity index is 778. The van der Waals surface area contributed by atoms with Crippen molar-refractivity contribution in [2.24, 2.45) is 0 Å². The van der Waals surface area contributed by atoms with Crippen molar-refractivity contribution in [1.29, 1.82) is 0 Å². The van der Waals surface area contributed by atoms with Crippen molar-refractivity contribution in [3.63, 3.8) is 0 Å². The van der Waals surface area contributed by atoms with Gasteiger partial charge in [-0.15, -0.1) is 11.3 Å². The van der Waals surface area contributed by atoms with Gasteiger partial charge in [0.2, 0.25) is 0 Å². The molecule has 21 heavy (non-hydrogen) atoms. The van der Waals surface area contributed by atoms with E-state index in [2.05, 4.69) is 4.72 Å². The molecule has 2 aromatic rings. The summed E-state index contributed by atoms with van der Waals surface area (Å²) in [5, 5.41) is 9.19. The number of thiophene rings is 1. The minimum Gasteiger partial charge on any atom is -0.391 e. The number of sulfonamides is 1. The van der Waals surface area contributed by atoms with Crippen LogP contribution in [0.4, 0.5) is 5.69 Å². The van der Waals surface area contributed by atoms with E-state index < -0.39 is 10.0 Å². The number of benzene rings is 1. The maximum Gasteiger partial charge on any atom is 0.271 e. The van der Waals surface area contributed by atoms with Crippen LogP contribution < -0.4 is 4.72 Å². The molecule has 1 aliphatic carbocycles. The van der Waals surface area contributed by atoms with Gasteiger partial charge in [0.15, 0.2) is 0 Å². The first-order chi connectivity index (χ1) is 9.99. The normalized spacial score (nSPS) is 14.2.